The van der Waals surface area contributed by atoms with Crippen LogP contribution in [0, 0.1) is 6.92 Å². The number of nitrogens with one attached hydrogen (secondary N) is 1. The van der Waals surface area contributed by atoms with Gasteiger partial charge in [-0.1, -0.05) is 30.7 Å². The Morgan fingerprint density at radius 1 is 1.42 bits per heavy atom. The molecule has 0 saturated carbocycles. The van der Waals surface area contributed by atoms with Gasteiger partial charge in [0, 0.05) is 24.2 Å². The summed E-state index contributed by atoms with van der Waals surface area (Å²) in [5, 5.41) is 4.47. The first-order valence-electron chi connectivity index (χ1n) is 7.40. The van der Waals surface area contributed by atoms with Crippen LogP contribution in [0.2, 0.25) is 5.02 Å². The average Bonchev–Trinajstić information content (AvgIpc) is 2.87. The fourth-order valence-electron chi connectivity index (χ4n) is 2.77. The molecule has 1 N–H and O–H groups in total. The third kappa shape index (κ3) is 4.48. The van der Waals surface area contributed by atoms with Crippen molar-refractivity contribution in [3.8, 4) is 0 Å². The SMILES string of the molecule is CCCN(Cc1ccc(C)c(Cl)c1)CC1CCCN1. The maximum atomic E-state index is 6.21. The third-order valence-electron chi connectivity index (χ3n) is 3.82. The van der Waals surface area contributed by atoms with Gasteiger partial charge in [0.25, 0.3) is 0 Å². The van der Waals surface area contributed by atoms with E-state index in [1.54, 1.807) is 0 Å². The van der Waals surface area contributed by atoms with Crippen molar-refractivity contribution < 1.29 is 0 Å². The highest BCUT2D eigenvalue weighted by atomic mass is 35.5. The third-order valence-corrected chi connectivity index (χ3v) is 4.23. The molecule has 1 saturated heterocycles. The number of benzene rings is 1. The lowest BCUT2D eigenvalue weighted by atomic mass is 10.1. The Morgan fingerprint density at radius 3 is 2.89 bits per heavy atom. The maximum Gasteiger partial charge on any atom is 0.0438 e. The van der Waals surface area contributed by atoms with Crippen LogP contribution >= 0.6 is 11.6 Å². The van der Waals surface area contributed by atoms with E-state index in [4.69, 9.17) is 11.6 Å². The molecule has 1 fully saturated rings. The minimum Gasteiger partial charge on any atom is -0.313 e. The maximum absolute atomic E-state index is 6.21. The van der Waals surface area contributed by atoms with Gasteiger partial charge in [0.2, 0.25) is 0 Å². The van der Waals surface area contributed by atoms with Crippen molar-refractivity contribution in [3.63, 3.8) is 0 Å². The minimum atomic E-state index is 0.674. The van der Waals surface area contributed by atoms with Crippen LogP contribution in [-0.4, -0.2) is 30.6 Å². The molecular weight excluding hydrogens is 256 g/mol. The van der Waals surface area contributed by atoms with E-state index in [0.717, 1.165) is 30.2 Å². The van der Waals surface area contributed by atoms with Crippen LogP contribution in [0.15, 0.2) is 18.2 Å². The predicted octanol–water partition coefficient (Wildman–Crippen LogP) is 3.61. The second-order valence-electron chi connectivity index (χ2n) is 5.61. The van der Waals surface area contributed by atoms with E-state index < -0.39 is 0 Å². The Hall–Kier alpha value is -0.570. The molecule has 1 aromatic carbocycles. The number of aryl methyl sites for hydroxylation is 1. The fourth-order valence-corrected chi connectivity index (χ4v) is 2.97. The van der Waals surface area contributed by atoms with Crippen LogP contribution in [0.25, 0.3) is 0 Å². The van der Waals surface area contributed by atoms with Crippen LogP contribution in [0.3, 0.4) is 0 Å². The summed E-state index contributed by atoms with van der Waals surface area (Å²) in [6.45, 7) is 8.80. The first-order valence-corrected chi connectivity index (χ1v) is 7.77. The first kappa shape index (κ1) is 14.8. The molecule has 0 radical (unpaired) electrons. The Bertz CT molecular complexity index is 400. The number of halogens is 1. The molecule has 0 bridgehead atoms. The smallest absolute Gasteiger partial charge is 0.0438 e. The lowest BCUT2D eigenvalue weighted by Gasteiger charge is -2.25. The molecule has 1 atom stereocenters. The van der Waals surface area contributed by atoms with Crippen molar-refractivity contribution >= 4 is 11.6 Å². The van der Waals surface area contributed by atoms with Gasteiger partial charge in [-0.05, 0) is 56.5 Å². The van der Waals surface area contributed by atoms with E-state index in [-0.39, 0.29) is 0 Å². The van der Waals surface area contributed by atoms with Gasteiger partial charge in [0.05, 0.1) is 0 Å². The largest absolute Gasteiger partial charge is 0.313 e. The zero-order chi connectivity index (χ0) is 13.7. The Balaban J connectivity index is 1.96. The van der Waals surface area contributed by atoms with Gasteiger partial charge in [-0.15, -0.1) is 0 Å². The number of hydrogen-bond acceptors (Lipinski definition) is 2. The predicted molar refractivity (Wildman–Crippen MR) is 82.8 cm³/mol. The second kappa shape index (κ2) is 7.28. The van der Waals surface area contributed by atoms with Crippen molar-refractivity contribution in [3.05, 3.63) is 34.3 Å². The van der Waals surface area contributed by atoms with E-state index in [1.165, 1.54) is 31.4 Å². The van der Waals surface area contributed by atoms with E-state index >= 15 is 0 Å². The zero-order valence-corrected chi connectivity index (χ0v) is 12.8. The Morgan fingerprint density at radius 2 is 2.26 bits per heavy atom. The van der Waals surface area contributed by atoms with Crippen LogP contribution in [0.5, 0.6) is 0 Å². The summed E-state index contributed by atoms with van der Waals surface area (Å²) in [7, 11) is 0. The summed E-state index contributed by atoms with van der Waals surface area (Å²) in [5.41, 5.74) is 2.48. The lowest BCUT2D eigenvalue weighted by Crippen LogP contribution is -2.37. The molecule has 2 rings (SSSR count). The molecular formula is C16H25ClN2. The second-order valence-corrected chi connectivity index (χ2v) is 6.02. The molecule has 0 aliphatic carbocycles. The number of nitrogens with zero attached hydrogens (tertiary/aromatic N) is 1. The summed E-state index contributed by atoms with van der Waals surface area (Å²) in [6.07, 6.45) is 3.84. The van der Waals surface area contributed by atoms with E-state index in [9.17, 15) is 0 Å². The van der Waals surface area contributed by atoms with Crippen molar-refractivity contribution in [2.75, 3.05) is 19.6 Å². The zero-order valence-electron chi connectivity index (χ0n) is 12.1. The van der Waals surface area contributed by atoms with Crippen LogP contribution in [-0.2, 0) is 6.54 Å². The van der Waals surface area contributed by atoms with Crippen molar-refractivity contribution in [2.24, 2.45) is 0 Å². The van der Waals surface area contributed by atoms with Gasteiger partial charge in [-0.3, -0.25) is 4.90 Å². The van der Waals surface area contributed by atoms with Gasteiger partial charge < -0.3 is 5.32 Å². The molecule has 1 unspecified atom stereocenters. The average molecular weight is 281 g/mol. The summed E-state index contributed by atoms with van der Waals surface area (Å²) in [4.78, 5) is 2.55. The number of hydrogen-bond donors (Lipinski definition) is 1. The van der Waals surface area contributed by atoms with Gasteiger partial charge in [0.1, 0.15) is 0 Å². The van der Waals surface area contributed by atoms with Gasteiger partial charge in [-0.25, -0.2) is 0 Å². The molecule has 19 heavy (non-hydrogen) atoms. The first-order chi connectivity index (χ1) is 9.19. The van der Waals surface area contributed by atoms with Crippen molar-refractivity contribution in [1.82, 2.24) is 10.2 Å². The molecule has 0 amide bonds. The summed E-state index contributed by atoms with van der Waals surface area (Å²) in [5.74, 6) is 0. The Kier molecular flexibility index (Phi) is 5.68. The van der Waals surface area contributed by atoms with Crippen molar-refractivity contribution in [1.29, 1.82) is 0 Å². The molecule has 1 heterocycles. The molecule has 0 spiro atoms. The van der Waals surface area contributed by atoms with Crippen molar-refractivity contribution in [2.45, 2.75) is 45.7 Å². The monoisotopic (exact) mass is 280 g/mol. The number of rotatable bonds is 6. The van der Waals surface area contributed by atoms with Crippen LogP contribution in [0.1, 0.15) is 37.3 Å². The summed E-state index contributed by atoms with van der Waals surface area (Å²) >= 11 is 6.21. The fraction of sp³-hybridized carbons (Fsp3) is 0.625. The van der Waals surface area contributed by atoms with E-state index in [0.29, 0.717) is 6.04 Å². The van der Waals surface area contributed by atoms with Crippen LogP contribution in [0.4, 0.5) is 0 Å². The topological polar surface area (TPSA) is 15.3 Å². The normalized spacial score (nSPS) is 19.3. The highest BCUT2D eigenvalue weighted by molar-refractivity contribution is 6.31. The highest BCUT2D eigenvalue weighted by Crippen LogP contribution is 2.18. The Labute approximate surface area is 122 Å². The summed E-state index contributed by atoms with van der Waals surface area (Å²) in [6, 6.07) is 7.11. The van der Waals surface area contributed by atoms with Gasteiger partial charge in [-0.2, -0.15) is 0 Å². The molecule has 2 nitrogen and oxygen atoms in total. The van der Waals surface area contributed by atoms with Gasteiger partial charge in [0.15, 0.2) is 0 Å². The van der Waals surface area contributed by atoms with Crippen LogP contribution < -0.4 is 5.32 Å². The molecule has 106 valence electrons. The van der Waals surface area contributed by atoms with Gasteiger partial charge >= 0.3 is 0 Å². The molecule has 0 aromatic heterocycles. The van der Waals surface area contributed by atoms with E-state index in [2.05, 4.69) is 42.3 Å². The lowest BCUT2D eigenvalue weighted by molar-refractivity contribution is 0.241. The summed E-state index contributed by atoms with van der Waals surface area (Å²) < 4.78 is 0. The molecule has 1 aromatic rings. The molecule has 1 aliphatic heterocycles. The quantitative estimate of drug-likeness (QED) is 0.856. The van der Waals surface area contributed by atoms with E-state index in [1.807, 2.05) is 0 Å². The molecule has 3 heteroatoms. The standard InChI is InChI=1S/C16H25ClN2/c1-3-9-19(12-15-5-4-8-18-15)11-14-7-6-13(2)16(17)10-14/h6-7,10,15,18H,3-5,8-9,11-12H2,1-2H3. The highest BCUT2D eigenvalue weighted by Gasteiger charge is 2.17. The molecule has 1 aliphatic rings. The minimum absolute atomic E-state index is 0.674.